The van der Waals surface area contributed by atoms with Crippen molar-refractivity contribution in [2.45, 2.75) is 24.0 Å². The summed E-state index contributed by atoms with van der Waals surface area (Å²) in [5.41, 5.74) is 0.731. The average molecular weight is 449 g/mol. The van der Waals surface area contributed by atoms with E-state index in [0.717, 1.165) is 45.9 Å². The number of nitrogens with zero attached hydrogens (tertiary/aromatic N) is 3. The largest absolute Gasteiger partial charge is 0.457 e. The number of hydrogen-bond donors (Lipinski definition) is 1. The fraction of sp³-hybridized carbons (Fsp3) is 0.174. The number of thioether (sulfide) groups is 1. The van der Waals surface area contributed by atoms with E-state index >= 15 is 0 Å². The molecular weight excluding hydrogens is 428 g/mol. The summed E-state index contributed by atoms with van der Waals surface area (Å²) in [6.45, 7) is 0. The van der Waals surface area contributed by atoms with Gasteiger partial charge in [-0.25, -0.2) is 0 Å². The summed E-state index contributed by atoms with van der Waals surface area (Å²) in [5.74, 6) is 2.59. The maximum atomic E-state index is 12.5. The van der Waals surface area contributed by atoms with Gasteiger partial charge in [-0.1, -0.05) is 36.0 Å². The molecule has 2 aromatic heterocycles. The molecule has 2 aromatic carbocycles. The second-order valence-corrected chi connectivity index (χ2v) is 9.05. The summed E-state index contributed by atoms with van der Waals surface area (Å²) in [4.78, 5) is 13.6. The molecule has 0 aliphatic heterocycles. The smallest absolute Gasteiger partial charge is 0.234 e. The van der Waals surface area contributed by atoms with Crippen LogP contribution in [-0.4, -0.2) is 26.4 Å². The summed E-state index contributed by atoms with van der Waals surface area (Å²) in [5, 5.41) is 14.5. The van der Waals surface area contributed by atoms with E-state index in [4.69, 9.17) is 4.74 Å². The van der Waals surface area contributed by atoms with Crippen molar-refractivity contribution in [3.8, 4) is 22.2 Å². The highest BCUT2D eigenvalue weighted by Crippen LogP contribution is 2.41. The fourth-order valence-corrected chi connectivity index (χ4v) is 4.68. The minimum atomic E-state index is -0.0789. The van der Waals surface area contributed by atoms with Crippen LogP contribution in [0.5, 0.6) is 11.5 Å². The Bertz CT molecular complexity index is 1150. The zero-order valence-corrected chi connectivity index (χ0v) is 18.2. The first-order valence-electron chi connectivity index (χ1n) is 10.0. The zero-order chi connectivity index (χ0) is 21.0. The monoisotopic (exact) mass is 448 g/mol. The number of thiophene rings is 1. The molecule has 1 aliphatic rings. The third-order valence-electron chi connectivity index (χ3n) is 4.77. The SMILES string of the molecule is O=C(CSc1nnc(-c2cccs2)n1C1CC1)Nc1ccc(Oc2ccccc2)cc1. The number of benzene rings is 2. The Morgan fingerprint density at radius 3 is 2.52 bits per heavy atom. The van der Waals surface area contributed by atoms with Crippen molar-refractivity contribution in [2.24, 2.45) is 0 Å². The molecular formula is C23H20N4O2S2. The van der Waals surface area contributed by atoms with Crippen molar-refractivity contribution in [1.82, 2.24) is 14.8 Å². The first kappa shape index (κ1) is 19.8. The molecule has 0 unspecified atom stereocenters. The molecule has 5 rings (SSSR count). The lowest BCUT2D eigenvalue weighted by atomic mass is 10.3. The number of aromatic nitrogens is 3. The van der Waals surface area contributed by atoms with Gasteiger partial charge in [0.05, 0.1) is 10.6 Å². The summed E-state index contributed by atoms with van der Waals surface area (Å²) >= 11 is 3.08. The van der Waals surface area contributed by atoms with Crippen LogP contribution in [0.25, 0.3) is 10.7 Å². The summed E-state index contributed by atoms with van der Waals surface area (Å²) < 4.78 is 7.96. The minimum Gasteiger partial charge on any atom is -0.457 e. The minimum absolute atomic E-state index is 0.0789. The topological polar surface area (TPSA) is 69.0 Å². The van der Waals surface area contributed by atoms with Gasteiger partial charge in [-0.15, -0.1) is 21.5 Å². The third-order valence-corrected chi connectivity index (χ3v) is 6.58. The molecule has 0 spiro atoms. The highest BCUT2D eigenvalue weighted by atomic mass is 32.2. The molecule has 0 saturated heterocycles. The Morgan fingerprint density at radius 1 is 1.03 bits per heavy atom. The van der Waals surface area contributed by atoms with Crippen molar-refractivity contribution < 1.29 is 9.53 Å². The van der Waals surface area contributed by atoms with Crippen molar-refractivity contribution in [3.05, 3.63) is 72.1 Å². The van der Waals surface area contributed by atoms with Gasteiger partial charge in [-0.05, 0) is 60.7 Å². The number of amides is 1. The van der Waals surface area contributed by atoms with Crippen LogP contribution in [0.2, 0.25) is 0 Å². The van der Waals surface area contributed by atoms with Gasteiger partial charge < -0.3 is 10.1 Å². The van der Waals surface area contributed by atoms with Crippen molar-refractivity contribution in [2.75, 3.05) is 11.1 Å². The second-order valence-electron chi connectivity index (χ2n) is 7.16. The van der Waals surface area contributed by atoms with E-state index in [2.05, 4.69) is 26.1 Å². The Hall–Kier alpha value is -3.10. The predicted molar refractivity (Wildman–Crippen MR) is 124 cm³/mol. The second kappa shape index (κ2) is 8.95. The molecule has 0 radical (unpaired) electrons. The van der Waals surface area contributed by atoms with Gasteiger partial charge in [0.1, 0.15) is 11.5 Å². The van der Waals surface area contributed by atoms with Crippen LogP contribution >= 0.6 is 23.1 Å². The molecule has 2 heterocycles. The quantitative estimate of drug-likeness (QED) is 0.342. The Labute approximate surface area is 188 Å². The molecule has 31 heavy (non-hydrogen) atoms. The predicted octanol–water partition coefficient (Wildman–Crippen LogP) is 5.86. The zero-order valence-electron chi connectivity index (χ0n) is 16.6. The maximum absolute atomic E-state index is 12.5. The number of hydrogen-bond acceptors (Lipinski definition) is 6. The number of anilines is 1. The van der Waals surface area contributed by atoms with Crippen molar-refractivity contribution >= 4 is 34.7 Å². The lowest BCUT2D eigenvalue weighted by Crippen LogP contribution is -2.14. The van der Waals surface area contributed by atoms with Gasteiger partial charge in [0.2, 0.25) is 5.91 Å². The van der Waals surface area contributed by atoms with Crippen LogP contribution in [0.15, 0.2) is 77.3 Å². The standard InChI is InChI=1S/C23H20N4O2S2/c28-21(24-16-8-12-19(13-9-16)29-18-5-2-1-3-6-18)15-31-23-26-25-22(20-7-4-14-30-20)27(23)17-10-11-17/h1-9,12-14,17H,10-11,15H2,(H,24,28). The van der Waals surface area contributed by atoms with E-state index in [9.17, 15) is 4.79 Å². The van der Waals surface area contributed by atoms with Gasteiger partial charge in [0, 0.05) is 11.7 Å². The Morgan fingerprint density at radius 2 is 1.81 bits per heavy atom. The molecule has 4 aromatic rings. The lowest BCUT2D eigenvalue weighted by Gasteiger charge is -2.09. The first-order chi connectivity index (χ1) is 15.3. The molecule has 1 aliphatic carbocycles. The highest BCUT2D eigenvalue weighted by Gasteiger charge is 2.30. The van der Waals surface area contributed by atoms with E-state index in [1.54, 1.807) is 11.3 Å². The van der Waals surface area contributed by atoms with Crippen LogP contribution in [0.3, 0.4) is 0 Å². The van der Waals surface area contributed by atoms with Gasteiger partial charge in [0.25, 0.3) is 0 Å². The van der Waals surface area contributed by atoms with E-state index in [0.29, 0.717) is 6.04 Å². The van der Waals surface area contributed by atoms with Gasteiger partial charge >= 0.3 is 0 Å². The van der Waals surface area contributed by atoms with Crippen LogP contribution in [-0.2, 0) is 4.79 Å². The molecule has 1 amide bonds. The Kier molecular flexibility index (Phi) is 5.73. The molecule has 0 bridgehead atoms. The van der Waals surface area contributed by atoms with E-state index in [1.807, 2.05) is 66.0 Å². The number of rotatable bonds is 8. The molecule has 1 fully saturated rings. The molecule has 8 heteroatoms. The van der Waals surface area contributed by atoms with Gasteiger partial charge in [-0.2, -0.15) is 0 Å². The van der Waals surface area contributed by atoms with Crippen molar-refractivity contribution in [1.29, 1.82) is 0 Å². The van der Waals surface area contributed by atoms with E-state index < -0.39 is 0 Å². The summed E-state index contributed by atoms with van der Waals surface area (Å²) in [6.07, 6.45) is 2.27. The molecule has 1 N–H and O–H groups in total. The summed E-state index contributed by atoms with van der Waals surface area (Å²) in [6, 6.07) is 21.5. The van der Waals surface area contributed by atoms with Gasteiger partial charge in [0.15, 0.2) is 11.0 Å². The van der Waals surface area contributed by atoms with Gasteiger partial charge in [-0.3, -0.25) is 9.36 Å². The fourth-order valence-electron chi connectivity index (χ4n) is 3.17. The molecule has 1 saturated carbocycles. The van der Waals surface area contributed by atoms with Crippen LogP contribution in [0.4, 0.5) is 5.69 Å². The highest BCUT2D eigenvalue weighted by molar-refractivity contribution is 7.99. The van der Waals surface area contributed by atoms with Crippen LogP contribution < -0.4 is 10.1 Å². The van der Waals surface area contributed by atoms with Crippen molar-refractivity contribution in [3.63, 3.8) is 0 Å². The molecule has 6 nitrogen and oxygen atoms in total. The Balaban J connectivity index is 1.19. The number of carbonyl (C=O) groups excluding carboxylic acids is 1. The molecule has 156 valence electrons. The number of ether oxygens (including phenoxy) is 1. The van der Waals surface area contributed by atoms with E-state index in [1.165, 1.54) is 11.8 Å². The maximum Gasteiger partial charge on any atom is 0.234 e. The first-order valence-corrected chi connectivity index (χ1v) is 11.9. The van der Waals surface area contributed by atoms with E-state index in [-0.39, 0.29) is 11.7 Å². The average Bonchev–Trinajstić information content (AvgIpc) is 3.31. The molecule has 0 atom stereocenters. The lowest BCUT2D eigenvalue weighted by molar-refractivity contribution is -0.113. The number of nitrogens with one attached hydrogen (secondary N) is 1. The number of carbonyl (C=O) groups is 1. The summed E-state index contributed by atoms with van der Waals surface area (Å²) in [7, 11) is 0. The third kappa shape index (κ3) is 4.81. The number of para-hydroxylation sites is 1. The normalized spacial score (nSPS) is 13.2. The van der Waals surface area contributed by atoms with Crippen LogP contribution in [0, 0.1) is 0 Å². The van der Waals surface area contributed by atoms with Crippen LogP contribution in [0.1, 0.15) is 18.9 Å².